The van der Waals surface area contributed by atoms with Gasteiger partial charge in [0, 0.05) is 19.0 Å². The summed E-state index contributed by atoms with van der Waals surface area (Å²) in [6, 6.07) is 0. The minimum Gasteiger partial charge on any atom is -0.465 e. The first-order chi connectivity index (χ1) is 5.27. The van der Waals surface area contributed by atoms with Gasteiger partial charge in [-0.1, -0.05) is 0 Å². The average Bonchev–Trinajstić information content (AvgIpc) is 2.68. The van der Waals surface area contributed by atoms with Crippen molar-refractivity contribution in [2.24, 2.45) is 5.92 Å². The summed E-state index contributed by atoms with van der Waals surface area (Å²) in [5.41, 5.74) is 0. The topological polar surface area (TPSA) is 53.1 Å². The van der Waals surface area contributed by atoms with Crippen LogP contribution < -0.4 is 0 Å². The van der Waals surface area contributed by atoms with E-state index in [9.17, 15) is 4.79 Å². The first-order valence-corrected chi connectivity index (χ1v) is 3.87. The van der Waals surface area contributed by atoms with Gasteiger partial charge >= 0.3 is 6.09 Å². The second-order valence-corrected chi connectivity index (χ2v) is 3.15. The van der Waals surface area contributed by atoms with E-state index in [1.54, 1.807) is 0 Å². The molecule has 0 spiro atoms. The highest BCUT2D eigenvalue weighted by molar-refractivity contribution is 5.65. The second kappa shape index (κ2) is 2.37. The number of nitrogens with zero attached hydrogens (tertiary/aromatic N) is 1. The largest absolute Gasteiger partial charge is 0.465 e. The molecule has 0 radical (unpaired) electrons. The third kappa shape index (κ3) is 1.30. The molecule has 62 valence electrons. The van der Waals surface area contributed by atoms with Crippen molar-refractivity contribution in [1.82, 2.24) is 4.90 Å². The fraction of sp³-hybridized carbons (Fsp3) is 0.857. The van der Waals surface area contributed by atoms with E-state index < -0.39 is 6.09 Å². The lowest BCUT2D eigenvalue weighted by Gasteiger charge is -2.10. The molecule has 0 saturated carbocycles. The zero-order valence-corrected chi connectivity index (χ0v) is 6.19. The molecule has 4 nitrogen and oxygen atoms in total. The summed E-state index contributed by atoms with van der Waals surface area (Å²) in [5, 5.41) is 8.62. The molecule has 2 heterocycles. The normalized spacial score (nSPS) is 35.8. The number of ether oxygens (including phenoxy) is 1. The zero-order chi connectivity index (χ0) is 7.84. The predicted octanol–water partition coefficient (Wildman–Crippen LogP) is 0.385. The van der Waals surface area contributed by atoms with Gasteiger partial charge in [-0.15, -0.1) is 0 Å². The Morgan fingerprint density at radius 3 is 2.82 bits per heavy atom. The van der Waals surface area contributed by atoms with Crippen LogP contribution in [0.5, 0.6) is 0 Å². The molecule has 11 heavy (non-hydrogen) atoms. The molecule has 1 N–H and O–H groups in total. The van der Waals surface area contributed by atoms with Gasteiger partial charge in [-0.05, 0) is 6.42 Å². The summed E-state index contributed by atoms with van der Waals surface area (Å²) < 4.78 is 5.10. The summed E-state index contributed by atoms with van der Waals surface area (Å²) in [4.78, 5) is 11.9. The number of carbonyl (C=O) groups is 1. The zero-order valence-electron chi connectivity index (χ0n) is 6.19. The molecule has 2 atom stereocenters. The van der Waals surface area contributed by atoms with Crippen LogP contribution in [0.2, 0.25) is 0 Å². The highest BCUT2D eigenvalue weighted by atomic mass is 16.6. The number of hydrogen-bond acceptors (Lipinski definition) is 2. The van der Waals surface area contributed by atoms with Crippen molar-refractivity contribution in [3.05, 3.63) is 0 Å². The van der Waals surface area contributed by atoms with E-state index in [0.717, 1.165) is 13.0 Å². The Hall–Kier alpha value is -0.770. The van der Waals surface area contributed by atoms with Gasteiger partial charge in [0.05, 0.1) is 12.7 Å². The molecule has 0 aromatic heterocycles. The van der Waals surface area contributed by atoms with E-state index in [1.165, 1.54) is 4.90 Å². The summed E-state index contributed by atoms with van der Waals surface area (Å²) >= 11 is 0. The third-order valence-electron chi connectivity index (χ3n) is 2.38. The molecular formula is C7H11NO3. The Labute approximate surface area is 64.7 Å². The molecule has 2 fully saturated rings. The van der Waals surface area contributed by atoms with E-state index in [2.05, 4.69) is 0 Å². The maximum Gasteiger partial charge on any atom is 0.407 e. The quantitative estimate of drug-likeness (QED) is 0.560. The highest BCUT2D eigenvalue weighted by Crippen LogP contribution is 2.28. The molecule has 1 unspecified atom stereocenters. The predicted molar refractivity (Wildman–Crippen MR) is 37.4 cm³/mol. The van der Waals surface area contributed by atoms with Gasteiger partial charge in [0.15, 0.2) is 0 Å². The van der Waals surface area contributed by atoms with Crippen LogP contribution in [0.4, 0.5) is 4.79 Å². The highest BCUT2D eigenvalue weighted by Gasteiger charge is 2.38. The number of epoxide rings is 1. The van der Waals surface area contributed by atoms with E-state index >= 15 is 0 Å². The van der Waals surface area contributed by atoms with Crippen molar-refractivity contribution in [1.29, 1.82) is 0 Å². The van der Waals surface area contributed by atoms with Gasteiger partial charge in [-0.25, -0.2) is 4.79 Å². The molecule has 0 bridgehead atoms. The van der Waals surface area contributed by atoms with Gasteiger partial charge in [-0.3, -0.25) is 0 Å². The molecule has 0 aromatic carbocycles. The van der Waals surface area contributed by atoms with Crippen LogP contribution in [0.25, 0.3) is 0 Å². The standard InChI is InChI=1S/C7H11NO3/c9-7(10)8-2-1-5(3-8)6-4-11-6/h5-6H,1-4H2,(H,9,10)/t5?,6-/m0/s1. The van der Waals surface area contributed by atoms with Crippen LogP contribution >= 0.6 is 0 Å². The molecular weight excluding hydrogens is 146 g/mol. The summed E-state index contributed by atoms with van der Waals surface area (Å²) in [5.74, 6) is 0.464. The first kappa shape index (κ1) is 6.91. The lowest BCUT2D eigenvalue weighted by Crippen LogP contribution is -2.27. The van der Waals surface area contributed by atoms with Crippen molar-refractivity contribution >= 4 is 6.09 Å². The van der Waals surface area contributed by atoms with Crippen molar-refractivity contribution in [3.63, 3.8) is 0 Å². The average molecular weight is 157 g/mol. The molecule has 1 amide bonds. The number of hydrogen-bond donors (Lipinski definition) is 1. The van der Waals surface area contributed by atoms with Crippen molar-refractivity contribution in [3.8, 4) is 0 Å². The molecule has 2 saturated heterocycles. The summed E-state index contributed by atoms with van der Waals surface area (Å²) in [6.45, 7) is 2.18. The second-order valence-electron chi connectivity index (χ2n) is 3.15. The monoisotopic (exact) mass is 157 g/mol. The van der Waals surface area contributed by atoms with E-state index in [0.29, 0.717) is 25.1 Å². The van der Waals surface area contributed by atoms with Crippen LogP contribution in [0.15, 0.2) is 0 Å². The smallest absolute Gasteiger partial charge is 0.407 e. The summed E-state index contributed by atoms with van der Waals surface area (Å²) in [6.07, 6.45) is 0.532. The van der Waals surface area contributed by atoms with Gasteiger partial charge < -0.3 is 14.7 Å². The van der Waals surface area contributed by atoms with Gasteiger partial charge in [0.25, 0.3) is 0 Å². The Morgan fingerprint density at radius 1 is 1.64 bits per heavy atom. The minimum atomic E-state index is -0.798. The summed E-state index contributed by atoms with van der Waals surface area (Å²) in [7, 11) is 0. The van der Waals surface area contributed by atoms with Crippen molar-refractivity contribution in [2.45, 2.75) is 12.5 Å². The Kier molecular flexibility index (Phi) is 1.49. The fourth-order valence-corrected chi connectivity index (χ4v) is 1.59. The molecule has 2 aliphatic heterocycles. The Morgan fingerprint density at radius 2 is 2.36 bits per heavy atom. The lowest BCUT2D eigenvalue weighted by molar-refractivity contribution is 0.153. The molecule has 2 rings (SSSR count). The number of amides is 1. The minimum absolute atomic E-state index is 0.361. The van der Waals surface area contributed by atoms with Crippen LogP contribution in [0.1, 0.15) is 6.42 Å². The van der Waals surface area contributed by atoms with Gasteiger partial charge in [0.2, 0.25) is 0 Å². The van der Waals surface area contributed by atoms with E-state index in [1.807, 2.05) is 0 Å². The molecule has 0 aromatic rings. The van der Waals surface area contributed by atoms with Gasteiger partial charge in [0.1, 0.15) is 0 Å². The lowest BCUT2D eigenvalue weighted by atomic mass is 10.1. The van der Waals surface area contributed by atoms with Crippen LogP contribution in [-0.4, -0.2) is 41.9 Å². The SMILES string of the molecule is O=C(O)N1CCC([C@@H]2CO2)C1. The van der Waals surface area contributed by atoms with E-state index in [4.69, 9.17) is 9.84 Å². The number of rotatable bonds is 1. The van der Waals surface area contributed by atoms with Crippen LogP contribution in [0, 0.1) is 5.92 Å². The Bertz CT molecular complexity index is 179. The maximum atomic E-state index is 10.5. The van der Waals surface area contributed by atoms with Crippen molar-refractivity contribution < 1.29 is 14.6 Å². The van der Waals surface area contributed by atoms with Crippen molar-refractivity contribution in [2.75, 3.05) is 19.7 Å². The van der Waals surface area contributed by atoms with Crippen LogP contribution in [-0.2, 0) is 4.74 Å². The molecule has 2 aliphatic rings. The molecule has 0 aliphatic carbocycles. The first-order valence-electron chi connectivity index (χ1n) is 3.87. The number of carboxylic acid groups (broad SMARTS) is 1. The maximum absolute atomic E-state index is 10.5. The Balaban J connectivity index is 1.87. The fourth-order valence-electron chi connectivity index (χ4n) is 1.59. The van der Waals surface area contributed by atoms with Gasteiger partial charge in [-0.2, -0.15) is 0 Å². The number of likely N-dealkylation sites (tertiary alicyclic amines) is 1. The molecule has 4 heteroatoms. The third-order valence-corrected chi connectivity index (χ3v) is 2.38. The van der Waals surface area contributed by atoms with E-state index in [-0.39, 0.29) is 0 Å². The van der Waals surface area contributed by atoms with Crippen LogP contribution in [0.3, 0.4) is 0 Å².